The Bertz CT molecular complexity index is 1160. The number of nitrogens with one attached hydrogen (secondary N) is 2. The van der Waals surface area contributed by atoms with Gasteiger partial charge in [-0.05, 0) is 50.1 Å². The first-order valence-electron chi connectivity index (χ1n) is 11.1. The number of benzene rings is 2. The lowest BCUT2D eigenvalue weighted by atomic mass is 10.0. The maximum absolute atomic E-state index is 13.2. The van der Waals surface area contributed by atoms with Crippen LogP contribution in [0.4, 0.5) is 10.5 Å². The summed E-state index contributed by atoms with van der Waals surface area (Å²) < 4.78 is 10.7. The molecule has 0 saturated carbocycles. The SMILES string of the molecule is COc1ccc(-c2nc(C)c(C(=O)N3CCC(NC(=O)Nc4ccccc4)CC3)s2)cc1OC. The van der Waals surface area contributed by atoms with Gasteiger partial charge in [0.2, 0.25) is 0 Å². The molecule has 0 spiro atoms. The number of anilines is 1. The van der Waals surface area contributed by atoms with Gasteiger partial charge in [-0.2, -0.15) is 0 Å². The largest absolute Gasteiger partial charge is 0.493 e. The molecule has 1 fully saturated rings. The number of nitrogens with zero attached hydrogens (tertiary/aromatic N) is 2. The van der Waals surface area contributed by atoms with E-state index in [-0.39, 0.29) is 18.0 Å². The van der Waals surface area contributed by atoms with Gasteiger partial charge >= 0.3 is 6.03 Å². The maximum atomic E-state index is 13.2. The number of rotatable bonds is 6. The van der Waals surface area contributed by atoms with Crippen LogP contribution < -0.4 is 20.1 Å². The van der Waals surface area contributed by atoms with Gasteiger partial charge in [0.05, 0.1) is 19.9 Å². The van der Waals surface area contributed by atoms with Gasteiger partial charge in [0.25, 0.3) is 5.91 Å². The van der Waals surface area contributed by atoms with Crippen molar-refractivity contribution in [2.24, 2.45) is 0 Å². The van der Waals surface area contributed by atoms with Crippen LogP contribution in [0.25, 0.3) is 10.6 Å². The Hall–Kier alpha value is -3.59. The second kappa shape index (κ2) is 10.6. The van der Waals surface area contributed by atoms with Gasteiger partial charge < -0.3 is 25.0 Å². The molecule has 0 radical (unpaired) electrons. The Balaban J connectivity index is 1.36. The molecule has 0 aliphatic carbocycles. The van der Waals surface area contributed by atoms with Crippen molar-refractivity contribution in [3.05, 3.63) is 59.1 Å². The average Bonchev–Trinajstić information content (AvgIpc) is 3.25. The highest BCUT2D eigenvalue weighted by molar-refractivity contribution is 7.17. The number of aryl methyl sites for hydroxylation is 1. The van der Waals surface area contributed by atoms with Crippen LogP contribution in [0, 0.1) is 6.92 Å². The van der Waals surface area contributed by atoms with E-state index in [9.17, 15) is 9.59 Å². The van der Waals surface area contributed by atoms with Gasteiger partial charge in [-0.15, -0.1) is 11.3 Å². The molecule has 4 rings (SSSR count). The molecule has 2 aromatic carbocycles. The monoisotopic (exact) mass is 480 g/mol. The third kappa shape index (κ3) is 5.31. The Labute approximate surface area is 202 Å². The van der Waals surface area contributed by atoms with Crippen LogP contribution in [0.3, 0.4) is 0 Å². The van der Waals surface area contributed by atoms with Gasteiger partial charge in [0.1, 0.15) is 9.88 Å². The van der Waals surface area contributed by atoms with Crippen molar-refractivity contribution >= 4 is 29.0 Å². The summed E-state index contributed by atoms with van der Waals surface area (Å²) in [6.07, 6.45) is 1.41. The van der Waals surface area contributed by atoms with Gasteiger partial charge in [-0.3, -0.25) is 4.79 Å². The second-order valence-electron chi connectivity index (χ2n) is 8.03. The van der Waals surface area contributed by atoms with Crippen LogP contribution in [0.2, 0.25) is 0 Å². The van der Waals surface area contributed by atoms with Gasteiger partial charge in [-0.1, -0.05) is 18.2 Å². The zero-order chi connectivity index (χ0) is 24.1. The van der Waals surface area contributed by atoms with E-state index in [1.165, 1.54) is 11.3 Å². The van der Waals surface area contributed by atoms with Crippen molar-refractivity contribution in [1.82, 2.24) is 15.2 Å². The molecule has 178 valence electrons. The number of carbonyl (C=O) groups is 2. The van der Waals surface area contributed by atoms with Crippen LogP contribution in [0.15, 0.2) is 48.5 Å². The maximum Gasteiger partial charge on any atom is 0.319 e. The molecule has 34 heavy (non-hydrogen) atoms. The van der Waals surface area contributed by atoms with Crippen molar-refractivity contribution < 1.29 is 19.1 Å². The normalized spacial score (nSPS) is 13.9. The summed E-state index contributed by atoms with van der Waals surface area (Å²) in [5.74, 6) is 1.24. The fraction of sp³-hybridized carbons (Fsp3) is 0.320. The number of hydrogen-bond acceptors (Lipinski definition) is 6. The van der Waals surface area contributed by atoms with Crippen LogP contribution in [-0.4, -0.2) is 55.2 Å². The lowest BCUT2D eigenvalue weighted by molar-refractivity contribution is 0.0713. The number of amides is 3. The molecule has 0 atom stereocenters. The van der Waals surface area contributed by atoms with E-state index in [4.69, 9.17) is 9.47 Å². The lowest BCUT2D eigenvalue weighted by Crippen LogP contribution is -2.47. The first kappa shape index (κ1) is 23.6. The second-order valence-corrected chi connectivity index (χ2v) is 9.03. The van der Waals surface area contributed by atoms with Crippen molar-refractivity contribution in [3.63, 3.8) is 0 Å². The van der Waals surface area contributed by atoms with Crippen molar-refractivity contribution in [2.75, 3.05) is 32.6 Å². The Morgan fingerprint density at radius 2 is 1.74 bits per heavy atom. The fourth-order valence-corrected chi connectivity index (χ4v) is 4.96. The molecule has 1 aliphatic rings. The zero-order valence-electron chi connectivity index (χ0n) is 19.5. The molecule has 3 amide bonds. The van der Waals surface area contributed by atoms with E-state index in [1.807, 2.05) is 60.4 Å². The van der Waals surface area contributed by atoms with E-state index >= 15 is 0 Å². The highest BCUT2D eigenvalue weighted by atomic mass is 32.1. The summed E-state index contributed by atoms with van der Waals surface area (Å²) in [6.45, 7) is 3.02. The number of methoxy groups -OCH3 is 2. The van der Waals surface area contributed by atoms with E-state index in [2.05, 4.69) is 15.6 Å². The number of aromatic nitrogens is 1. The number of piperidine rings is 1. The van der Waals surface area contributed by atoms with Crippen molar-refractivity contribution in [2.45, 2.75) is 25.8 Å². The van der Waals surface area contributed by atoms with Crippen LogP contribution in [0.5, 0.6) is 11.5 Å². The van der Waals surface area contributed by atoms with Crippen LogP contribution in [0.1, 0.15) is 28.2 Å². The summed E-state index contributed by atoms with van der Waals surface area (Å²) in [7, 11) is 3.18. The van der Waals surface area contributed by atoms with Crippen LogP contribution in [-0.2, 0) is 0 Å². The molecule has 2 heterocycles. The molecule has 1 aromatic heterocycles. The minimum atomic E-state index is -0.228. The predicted octanol–water partition coefficient (Wildman–Crippen LogP) is 4.56. The number of para-hydroxylation sites is 1. The minimum absolute atomic E-state index is 0.0195. The summed E-state index contributed by atoms with van der Waals surface area (Å²) in [6, 6.07) is 14.7. The highest BCUT2D eigenvalue weighted by Crippen LogP contribution is 2.35. The minimum Gasteiger partial charge on any atom is -0.493 e. The Morgan fingerprint density at radius 1 is 1.03 bits per heavy atom. The number of hydrogen-bond donors (Lipinski definition) is 2. The Kier molecular flexibility index (Phi) is 7.32. The molecule has 9 heteroatoms. The third-order valence-electron chi connectivity index (χ3n) is 5.77. The predicted molar refractivity (Wildman–Crippen MR) is 133 cm³/mol. The molecule has 0 unspecified atom stereocenters. The molecular weight excluding hydrogens is 452 g/mol. The number of thiazole rings is 1. The van der Waals surface area contributed by atoms with E-state index in [0.717, 1.165) is 16.3 Å². The standard InChI is InChI=1S/C25H28N4O4S/c1-16-22(34-23(26-16)17-9-10-20(32-2)21(15-17)33-3)24(30)29-13-11-19(12-14-29)28-25(31)27-18-7-5-4-6-8-18/h4-10,15,19H,11-14H2,1-3H3,(H2,27,28,31). The molecular formula is C25H28N4O4S. The van der Waals surface area contributed by atoms with Gasteiger partial charge in [0, 0.05) is 30.4 Å². The van der Waals surface area contributed by atoms with Crippen molar-refractivity contribution in [1.29, 1.82) is 0 Å². The highest BCUT2D eigenvalue weighted by Gasteiger charge is 2.27. The first-order valence-corrected chi connectivity index (χ1v) is 11.9. The molecule has 8 nitrogen and oxygen atoms in total. The van der Waals surface area contributed by atoms with Gasteiger partial charge in [-0.25, -0.2) is 9.78 Å². The topological polar surface area (TPSA) is 92.8 Å². The third-order valence-corrected chi connectivity index (χ3v) is 6.96. The molecule has 1 aliphatic heterocycles. The van der Waals surface area contributed by atoms with E-state index in [0.29, 0.717) is 48.0 Å². The fourth-order valence-electron chi connectivity index (χ4n) is 3.93. The summed E-state index contributed by atoms with van der Waals surface area (Å²) in [5.41, 5.74) is 2.33. The van der Waals surface area contributed by atoms with Crippen LogP contribution >= 0.6 is 11.3 Å². The molecule has 1 saturated heterocycles. The van der Waals surface area contributed by atoms with E-state index < -0.39 is 0 Å². The van der Waals surface area contributed by atoms with Gasteiger partial charge in [0.15, 0.2) is 11.5 Å². The average molecular weight is 481 g/mol. The smallest absolute Gasteiger partial charge is 0.319 e. The Morgan fingerprint density at radius 3 is 2.41 bits per heavy atom. The quantitative estimate of drug-likeness (QED) is 0.540. The molecule has 2 N–H and O–H groups in total. The summed E-state index contributed by atoms with van der Waals surface area (Å²) >= 11 is 1.38. The number of ether oxygens (including phenoxy) is 2. The van der Waals surface area contributed by atoms with E-state index in [1.54, 1.807) is 14.2 Å². The number of urea groups is 1. The number of likely N-dealkylation sites (tertiary alicyclic amines) is 1. The number of carbonyl (C=O) groups excluding carboxylic acids is 2. The van der Waals surface area contributed by atoms with Crippen molar-refractivity contribution in [3.8, 4) is 22.1 Å². The first-order chi connectivity index (χ1) is 16.5. The lowest BCUT2D eigenvalue weighted by Gasteiger charge is -2.32. The summed E-state index contributed by atoms with van der Waals surface area (Å²) in [5, 5.41) is 6.60. The zero-order valence-corrected chi connectivity index (χ0v) is 20.3. The summed E-state index contributed by atoms with van der Waals surface area (Å²) in [4.78, 5) is 32.6. The molecule has 3 aromatic rings. The molecule has 0 bridgehead atoms.